The third-order valence-corrected chi connectivity index (χ3v) is 5.87. The molecule has 0 radical (unpaired) electrons. The fourth-order valence-corrected chi connectivity index (χ4v) is 4.02. The molecule has 2 saturated heterocycles. The quantitative estimate of drug-likeness (QED) is 0.815. The molecular formula is C23H27F2N3O2. The van der Waals surface area contributed by atoms with E-state index in [-0.39, 0.29) is 5.91 Å². The van der Waals surface area contributed by atoms with Crippen LogP contribution in [0.2, 0.25) is 0 Å². The van der Waals surface area contributed by atoms with Gasteiger partial charge in [0.2, 0.25) is 0 Å². The second kappa shape index (κ2) is 9.53. The van der Waals surface area contributed by atoms with Crippen LogP contribution in [-0.4, -0.2) is 56.2 Å². The lowest BCUT2D eigenvalue weighted by molar-refractivity contribution is 0.0303. The normalized spacial score (nSPS) is 17.9. The number of hydrogen-bond donors (Lipinski definition) is 1. The molecule has 1 amide bonds. The SMILES string of the molecule is O=C(c1ccc(N2CCC(NCc3ccc(F)cc3F)CC2)cc1)N1CCOCC1. The maximum absolute atomic E-state index is 13.8. The first-order valence-electron chi connectivity index (χ1n) is 10.5. The molecule has 4 rings (SSSR count). The Balaban J connectivity index is 1.27. The number of morpholine rings is 1. The standard InChI is InChI=1S/C23H27F2N3O2/c24-19-4-1-18(22(25)15-19)16-26-20-7-9-27(10-8-20)21-5-2-17(3-6-21)23(29)28-11-13-30-14-12-28/h1-6,15,20,26H,7-14,16H2. The number of nitrogens with one attached hydrogen (secondary N) is 1. The molecule has 2 aromatic carbocycles. The number of anilines is 1. The Morgan fingerprint density at radius 1 is 1.00 bits per heavy atom. The summed E-state index contributed by atoms with van der Waals surface area (Å²) >= 11 is 0. The third kappa shape index (κ3) is 4.96. The molecule has 5 nitrogen and oxygen atoms in total. The summed E-state index contributed by atoms with van der Waals surface area (Å²) in [5.41, 5.74) is 2.30. The van der Waals surface area contributed by atoms with Gasteiger partial charge in [-0.15, -0.1) is 0 Å². The highest BCUT2D eigenvalue weighted by molar-refractivity contribution is 5.94. The number of piperidine rings is 1. The summed E-state index contributed by atoms with van der Waals surface area (Å²) in [7, 11) is 0. The molecule has 160 valence electrons. The van der Waals surface area contributed by atoms with Crippen LogP contribution in [0.25, 0.3) is 0 Å². The lowest BCUT2D eigenvalue weighted by Gasteiger charge is -2.34. The molecule has 2 heterocycles. The van der Waals surface area contributed by atoms with Crippen LogP contribution in [0.5, 0.6) is 0 Å². The van der Waals surface area contributed by atoms with Gasteiger partial charge in [0.25, 0.3) is 5.91 Å². The first kappa shape index (κ1) is 20.8. The van der Waals surface area contributed by atoms with Crippen molar-refractivity contribution in [3.8, 4) is 0 Å². The van der Waals surface area contributed by atoms with Crippen molar-refractivity contribution in [3.05, 3.63) is 65.2 Å². The molecule has 30 heavy (non-hydrogen) atoms. The number of benzene rings is 2. The highest BCUT2D eigenvalue weighted by Gasteiger charge is 2.21. The van der Waals surface area contributed by atoms with Gasteiger partial charge in [0.05, 0.1) is 13.2 Å². The van der Waals surface area contributed by atoms with E-state index in [1.165, 1.54) is 12.1 Å². The van der Waals surface area contributed by atoms with Gasteiger partial charge in [-0.05, 0) is 43.2 Å². The van der Waals surface area contributed by atoms with Crippen molar-refractivity contribution >= 4 is 11.6 Å². The van der Waals surface area contributed by atoms with Gasteiger partial charge in [-0.2, -0.15) is 0 Å². The van der Waals surface area contributed by atoms with E-state index >= 15 is 0 Å². The number of rotatable bonds is 5. The lowest BCUT2D eigenvalue weighted by Crippen LogP contribution is -2.42. The topological polar surface area (TPSA) is 44.8 Å². The Morgan fingerprint density at radius 3 is 2.37 bits per heavy atom. The number of carbonyl (C=O) groups excluding carboxylic acids is 1. The van der Waals surface area contributed by atoms with E-state index in [2.05, 4.69) is 10.2 Å². The number of halogens is 2. The molecule has 0 aromatic heterocycles. The van der Waals surface area contributed by atoms with E-state index in [4.69, 9.17) is 4.74 Å². The first-order chi connectivity index (χ1) is 14.6. The summed E-state index contributed by atoms with van der Waals surface area (Å²) in [6, 6.07) is 11.8. The highest BCUT2D eigenvalue weighted by atomic mass is 19.1. The van der Waals surface area contributed by atoms with Crippen LogP contribution in [0.15, 0.2) is 42.5 Å². The summed E-state index contributed by atoms with van der Waals surface area (Å²) in [4.78, 5) is 16.7. The highest BCUT2D eigenvalue weighted by Crippen LogP contribution is 2.22. The van der Waals surface area contributed by atoms with E-state index in [1.807, 2.05) is 29.2 Å². The maximum atomic E-state index is 13.8. The van der Waals surface area contributed by atoms with Crippen LogP contribution in [0, 0.1) is 11.6 Å². The van der Waals surface area contributed by atoms with Crippen molar-refractivity contribution in [2.75, 3.05) is 44.3 Å². The van der Waals surface area contributed by atoms with Crippen LogP contribution in [-0.2, 0) is 11.3 Å². The average molecular weight is 415 g/mol. The lowest BCUT2D eigenvalue weighted by atomic mass is 10.0. The van der Waals surface area contributed by atoms with E-state index in [0.29, 0.717) is 50.0 Å². The number of hydrogen-bond acceptors (Lipinski definition) is 4. The minimum atomic E-state index is -0.553. The zero-order valence-electron chi connectivity index (χ0n) is 16.9. The second-order valence-corrected chi connectivity index (χ2v) is 7.83. The number of ether oxygens (including phenoxy) is 1. The smallest absolute Gasteiger partial charge is 0.254 e. The van der Waals surface area contributed by atoms with E-state index in [0.717, 1.165) is 37.7 Å². The Labute approximate surface area is 175 Å². The minimum absolute atomic E-state index is 0.0563. The maximum Gasteiger partial charge on any atom is 0.254 e. The molecule has 0 saturated carbocycles. The van der Waals surface area contributed by atoms with Crippen LogP contribution < -0.4 is 10.2 Å². The van der Waals surface area contributed by atoms with E-state index in [1.54, 1.807) is 0 Å². The van der Waals surface area contributed by atoms with Crippen LogP contribution in [0.3, 0.4) is 0 Å². The molecule has 0 spiro atoms. The first-order valence-corrected chi connectivity index (χ1v) is 10.5. The molecule has 0 bridgehead atoms. The van der Waals surface area contributed by atoms with Gasteiger partial charge in [0.15, 0.2) is 0 Å². The van der Waals surface area contributed by atoms with Crippen molar-refractivity contribution in [2.45, 2.75) is 25.4 Å². The van der Waals surface area contributed by atoms with Gasteiger partial charge in [-0.25, -0.2) is 8.78 Å². The Bertz CT molecular complexity index is 861. The van der Waals surface area contributed by atoms with Gasteiger partial charge >= 0.3 is 0 Å². The van der Waals surface area contributed by atoms with Gasteiger partial charge in [-0.1, -0.05) is 6.07 Å². The minimum Gasteiger partial charge on any atom is -0.378 e. The zero-order chi connectivity index (χ0) is 20.9. The van der Waals surface area contributed by atoms with Crippen molar-refractivity contribution < 1.29 is 18.3 Å². The zero-order valence-corrected chi connectivity index (χ0v) is 16.9. The summed E-state index contributed by atoms with van der Waals surface area (Å²) < 4.78 is 32.1. The number of nitrogens with zero attached hydrogens (tertiary/aromatic N) is 2. The molecule has 2 fully saturated rings. The monoisotopic (exact) mass is 415 g/mol. The Hall–Kier alpha value is -2.51. The van der Waals surface area contributed by atoms with Gasteiger partial charge in [0, 0.05) is 61.6 Å². The molecule has 0 atom stereocenters. The fraction of sp³-hybridized carbons (Fsp3) is 0.435. The van der Waals surface area contributed by atoms with Crippen molar-refractivity contribution in [2.24, 2.45) is 0 Å². The predicted molar refractivity (Wildman–Crippen MR) is 112 cm³/mol. The summed E-state index contributed by atoms with van der Waals surface area (Å²) in [6.45, 7) is 4.66. The van der Waals surface area contributed by atoms with Crippen molar-refractivity contribution in [1.82, 2.24) is 10.2 Å². The van der Waals surface area contributed by atoms with Gasteiger partial charge in [0.1, 0.15) is 11.6 Å². The van der Waals surface area contributed by atoms with E-state index in [9.17, 15) is 13.6 Å². The summed E-state index contributed by atoms with van der Waals surface area (Å²) in [5.74, 6) is -1.00. The van der Waals surface area contributed by atoms with Crippen molar-refractivity contribution in [1.29, 1.82) is 0 Å². The Kier molecular flexibility index (Phi) is 6.59. The predicted octanol–water partition coefficient (Wildman–Crippen LogP) is 3.20. The molecular weight excluding hydrogens is 388 g/mol. The second-order valence-electron chi connectivity index (χ2n) is 7.83. The molecule has 2 aliphatic heterocycles. The number of amides is 1. The summed E-state index contributed by atoms with van der Waals surface area (Å²) in [5, 5.41) is 3.38. The average Bonchev–Trinajstić information content (AvgIpc) is 2.79. The molecule has 7 heteroatoms. The van der Waals surface area contributed by atoms with Crippen LogP contribution in [0.4, 0.5) is 14.5 Å². The Morgan fingerprint density at radius 2 is 1.70 bits per heavy atom. The summed E-state index contributed by atoms with van der Waals surface area (Å²) in [6.07, 6.45) is 1.88. The molecule has 2 aliphatic rings. The van der Waals surface area contributed by atoms with Crippen molar-refractivity contribution in [3.63, 3.8) is 0 Å². The van der Waals surface area contributed by atoms with Crippen LogP contribution >= 0.6 is 0 Å². The number of carbonyl (C=O) groups is 1. The molecule has 0 aliphatic carbocycles. The molecule has 2 aromatic rings. The third-order valence-electron chi connectivity index (χ3n) is 5.87. The molecule has 0 unspecified atom stereocenters. The van der Waals surface area contributed by atoms with Crippen LogP contribution in [0.1, 0.15) is 28.8 Å². The molecule has 1 N–H and O–H groups in total. The fourth-order valence-electron chi connectivity index (χ4n) is 4.02. The van der Waals surface area contributed by atoms with E-state index < -0.39 is 11.6 Å². The largest absolute Gasteiger partial charge is 0.378 e. The van der Waals surface area contributed by atoms with Gasteiger partial charge < -0.3 is 19.9 Å². The van der Waals surface area contributed by atoms with Gasteiger partial charge in [-0.3, -0.25) is 4.79 Å².